The van der Waals surface area contributed by atoms with Gasteiger partial charge in [0, 0.05) is 25.5 Å². The average molecular weight is 408 g/mol. The number of rotatable bonds is 12. The van der Waals surface area contributed by atoms with Gasteiger partial charge in [-0.05, 0) is 37.0 Å². The molecule has 1 aromatic rings. The Hall–Kier alpha value is -1.83. The summed E-state index contributed by atoms with van der Waals surface area (Å²) in [7, 11) is 0. The first-order valence-corrected chi connectivity index (χ1v) is 10.6. The summed E-state index contributed by atoms with van der Waals surface area (Å²) in [5, 5.41) is 9.16. The Labute approximate surface area is 170 Å². The molecule has 2 rings (SSSR count). The molecule has 1 N–H and O–H groups in total. The Kier molecular flexibility index (Phi) is 9.02. The molecule has 1 aliphatic rings. The molecule has 154 valence electrons. The Morgan fingerprint density at radius 3 is 2.46 bits per heavy atom. The van der Waals surface area contributed by atoms with Crippen molar-refractivity contribution in [3.63, 3.8) is 0 Å². The molecule has 0 radical (unpaired) electrons. The first-order valence-electron chi connectivity index (χ1n) is 9.64. The Bertz CT molecular complexity index is 699. The van der Waals surface area contributed by atoms with Crippen LogP contribution in [0.1, 0.15) is 32.8 Å². The number of nitrogens with zero attached hydrogens (tertiary/aromatic N) is 1. The van der Waals surface area contributed by atoms with Gasteiger partial charge in [-0.15, -0.1) is 11.8 Å². The maximum Gasteiger partial charge on any atom is 0.267 e. The van der Waals surface area contributed by atoms with Gasteiger partial charge in [-0.25, -0.2) is 0 Å². The van der Waals surface area contributed by atoms with Gasteiger partial charge >= 0.3 is 0 Å². The molecule has 7 heteroatoms. The van der Waals surface area contributed by atoms with Gasteiger partial charge in [-0.1, -0.05) is 26.0 Å². The number of thioether (sulfide) groups is 1. The summed E-state index contributed by atoms with van der Waals surface area (Å²) in [6.07, 6.45) is 0.596. The number of aliphatic hydroxyl groups is 1. The average Bonchev–Trinajstić information content (AvgIpc) is 2.92. The van der Waals surface area contributed by atoms with Crippen molar-refractivity contribution in [1.29, 1.82) is 0 Å². The predicted octanol–water partition coefficient (Wildman–Crippen LogP) is 2.95. The van der Waals surface area contributed by atoms with Gasteiger partial charge < -0.3 is 14.6 Å². The van der Waals surface area contributed by atoms with E-state index in [0.717, 1.165) is 5.75 Å². The molecule has 0 unspecified atom stereocenters. The van der Waals surface area contributed by atoms with Crippen LogP contribution >= 0.6 is 11.8 Å². The zero-order chi connectivity index (χ0) is 20.5. The Balaban J connectivity index is 2.20. The smallest absolute Gasteiger partial charge is 0.267 e. The summed E-state index contributed by atoms with van der Waals surface area (Å²) in [5.74, 6) is 0.921. The van der Waals surface area contributed by atoms with Gasteiger partial charge in [0.15, 0.2) is 0 Å². The van der Waals surface area contributed by atoms with Crippen molar-refractivity contribution < 1.29 is 24.2 Å². The van der Waals surface area contributed by atoms with Gasteiger partial charge in [-0.3, -0.25) is 14.5 Å². The highest BCUT2D eigenvalue weighted by atomic mass is 32.2. The van der Waals surface area contributed by atoms with Crippen LogP contribution in [0.3, 0.4) is 0 Å². The Morgan fingerprint density at radius 2 is 1.86 bits per heavy atom. The van der Waals surface area contributed by atoms with E-state index in [1.165, 1.54) is 16.7 Å². The van der Waals surface area contributed by atoms with E-state index in [0.29, 0.717) is 60.5 Å². The highest BCUT2D eigenvalue weighted by Crippen LogP contribution is 2.36. The molecule has 0 saturated carbocycles. The number of hydrogen-bond donors (Lipinski definition) is 1. The van der Waals surface area contributed by atoms with Crippen LogP contribution in [0.5, 0.6) is 5.75 Å². The van der Waals surface area contributed by atoms with Crippen molar-refractivity contribution in [2.75, 3.05) is 38.7 Å². The fourth-order valence-corrected chi connectivity index (χ4v) is 3.62. The highest BCUT2D eigenvalue weighted by molar-refractivity contribution is 8.04. The molecule has 28 heavy (non-hydrogen) atoms. The van der Waals surface area contributed by atoms with E-state index in [1.54, 1.807) is 12.1 Å². The number of aliphatic hydroxyl groups excluding tert-OH is 1. The fourth-order valence-electron chi connectivity index (χ4n) is 2.74. The molecule has 0 spiro atoms. The van der Waals surface area contributed by atoms with Crippen LogP contribution in [0.4, 0.5) is 0 Å². The largest absolute Gasteiger partial charge is 0.493 e. The van der Waals surface area contributed by atoms with Crippen LogP contribution in [-0.2, 0) is 14.3 Å². The molecule has 0 saturated heterocycles. The van der Waals surface area contributed by atoms with Gasteiger partial charge in [0.25, 0.3) is 11.8 Å². The third-order valence-corrected chi connectivity index (χ3v) is 5.12. The van der Waals surface area contributed by atoms with Crippen molar-refractivity contribution in [3.05, 3.63) is 34.7 Å². The lowest BCUT2D eigenvalue weighted by atomic mass is 10.1. The van der Waals surface area contributed by atoms with Gasteiger partial charge in [0.2, 0.25) is 0 Å². The second-order valence-corrected chi connectivity index (χ2v) is 7.92. The molecule has 1 heterocycles. The second-order valence-electron chi connectivity index (χ2n) is 6.82. The number of amides is 2. The number of hydrogen-bond acceptors (Lipinski definition) is 6. The van der Waals surface area contributed by atoms with E-state index in [9.17, 15) is 9.59 Å². The van der Waals surface area contributed by atoms with Crippen molar-refractivity contribution in [2.45, 2.75) is 27.2 Å². The molecule has 0 aromatic heterocycles. The third kappa shape index (κ3) is 5.83. The van der Waals surface area contributed by atoms with Crippen molar-refractivity contribution in [1.82, 2.24) is 4.90 Å². The zero-order valence-corrected chi connectivity index (χ0v) is 17.6. The van der Waals surface area contributed by atoms with Crippen molar-refractivity contribution in [3.8, 4) is 5.75 Å². The maximum atomic E-state index is 13.0. The summed E-state index contributed by atoms with van der Waals surface area (Å²) in [5.41, 5.74) is 1.08. The topological polar surface area (TPSA) is 76.1 Å². The molecular weight excluding hydrogens is 378 g/mol. The van der Waals surface area contributed by atoms with Crippen molar-refractivity contribution >= 4 is 29.1 Å². The molecule has 0 bridgehead atoms. The van der Waals surface area contributed by atoms with Gasteiger partial charge in [0.05, 0.1) is 23.7 Å². The second kappa shape index (κ2) is 11.2. The van der Waals surface area contributed by atoms with Crippen molar-refractivity contribution in [2.24, 2.45) is 5.92 Å². The molecule has 0 aliphatic carbocycles. The van der Waals surface area contributed by atoms with E-state index in [2.05, 4.69) is 13.8 Å². The number of carbonyl (C=O) groups excluding carboxylic acids is 2. The summed E-state index contributed by atoms with van der Waals surface area (Å²) >= 11 is 1.22. The number of benzene rings is 1. The van der Waals surface area contributed by atoms with E-state index < -0.39 is 0 Å². The lowest BCUT2D eigenvalue weighted by Crippen LogP contribution is -2.33. The van der Waals surface area contributed by atoms with E-state index >= 15 is 0 Å². The monoisotopic (exact) mass is 407 g/mol. The minimum absolute atomic E-state index is 0.0603. The number of ether oxygens (including phenoxy) is 2. The highest BCUT2D eigenvalue weighted by Gasteiger charge is 2.38. The first-order chi connectivity index (χ1) is 13.5. The lowest BCUT2D eigenvalue weighted by Gasteiger charge is -2.15. The first kappa shape index (κ1) is 22.5. The molecule has 0 atom stereocenters. The minimum Gasteiger partial charge on any atom is -0.493 e. The Morgan fingerprint density at radius 1 is 1.14 bits per heavy atom. The van der Waals surface area contributed by atoms with Crippen LogP contribution in [-0.4, -0.2) is 60.5 Å². The molecule has 6 nitrogen and oxygen atoms in total. The molecule has 1 aromatic carbocycles. The molecule has 2 amide bonds. The third-order valence-electron chi connectivity index (χ3n) is 4.06. The standard InChI is InChI=1S/C21H29NO5S/c1-4-26-12-5-10-22-20(24)18(19(21(22)25)28-13-11-23)16-6-8-17(9-7-16)27-14-15(2)3/h6-9,15,23H,4-5,10-14H2,1-3H3. The minimum atomic E-state index is -0.296. The van der Waals surface area contributed by atoms with Crippen LogP contribution in [0.15, 0.2) is 29.2 Å². The zero-order valence-electron chi connectivity index (χ0n) is 16.8. The van der Waals surface area contributed by atoms with Gasteiger partial charge in [-0.2, -0.15) is 0 Å². The molecule has 0 fully saturated rings. The van der Waals surface area contributed by atoms with Crippen LogP contribution < -0.4 is 4.74 Å². The summed E-state index contributed by atoms with van der Waals surface area (Å²) in [6.45, 7) is 8.04. The quantitative estimate of drug-likeness (QED) is 0.424. The SMILES string of the molecule is CCOCCCN1C(=O)C(SCCO)=C(c2ccc(OCC(C)C)cc2)C1=O. The molecule has 1 aliphatic heterocycles. The van der Waals surface area contributed by atoms with Gasteiger partial charge in [0.1, 0.15) is 5.75 Å². The molecular formula is C21H29NO5S. The summed E-state index contributed by atoms with van der Waals surface area (Å²) in [6, 6.07) is 7.24. The van der Waals surface area contributed by atoms with Crippen LogP contribution in [0.2, 0.25) is 0 Å². The predicted molar refractivity (Wildman–Crippen MR) is 111 cm³/mol. The summed E-state index contributed by atoms with van der Waals surface area (Å²) in [4.78, 5) is 27.4. The van der Waals surface area contributed by atoms with E-state index in [-0.39, 0.29) is 18.4 Å². The fraction of sp³-hybridized carbons (Fsp3) is 0.524. The van der Waals surface area contributed by atoms with E-state index in [1.807, 2.05) is 19.1 Å². The number of carbonyl (C=O) groups is 2. The lowest BCUT2D eigenvalue weighted by molar-refractivity contribution is -0.136. The normalized spacial score (nSPS) is 14.5. The van der Waals surface area contributed by atoms with Crippen LogP contribution in [0, 0.1) is 5.92 Å². The van der Waals surface area contributed by atoms with Crippen LogP contribution in [0.25, 0.3) is 5.57 Å². The maximum absolute atomic E-state index is 13.0. The number of imide groups is 1. The summed E-state index contributed by atoms with van der Waals surface area (Å²) < 4.78 is 11.0. The van der Waals surface area contributed by atoms with E-state index in [4.69, 9.17) is 14.6 Å².